The average molecular weight is 519 g/mol. The molecule has 1 aromatic rings. The fraction of sp³-hybridized carbons (Fsp3) is 0.667. The monoisotopic (exact) mass is 518 g/mol. The fourth-order valence-corrected chi connectivity index (χ4v) is 5.18. The van der Waals surface area contributed by atoms with E-state index in [4.69, 9.17) is 34.0 Å². The maximum absolute atomic E-state index is 13.8. The first-order valence-electron chi connectivity index (χ1n) is 10.5. The van der Waals surface area contributed by atoms with Crippen molar-refractivity contribution >= 4 is 46.6 Å². The second-order valence-corrected chi connectivity index (χ2v) is 9.44. The molecule has 5 nitrogen and oxygen atoms in total. The molecule has 1 aromatic carbocycles. The van der Waals surface area contributed by atoms with Gasteiger partial charge in [0.05, 0.1) is 10.7 Å². The van der Waals surface area contributed by atoms with Crippen LogP contribution in [-0.4, -0.2) is 58.6 Å². The minimum Gasteiger partial charge on any atom is -0.480 e. The molecule has 184 valence electrons. The summed E-state index contributed by atoms with van der Waals surface area (Å²) in [5.74, 6) is -1.70. The van der Waals surface area contributed by atoms with E-state index in [1.807, 2.05) is 18.7 Å². The first-order valence-corrected chi connectivity index (χ1v) is 12.4. The number of hydrogen-bond donors (Lipinski definition) is 3. The Morgan fingerprint density at radius 3 is 2.34 bits per heavy atom. The number of piperidine rings is 1. The third kappa shape index (κ3) is 7.87. The number of rotatable bonds is 9. The number of nitrogens with two attached hydrogens (primary N) is 1. The van der Waals surface area contributed by atoms with Crippen LogP contribution in [0.5, 0.6) is 0 Å². The van der Waals surface area contributed by atoms with Gasteiger partial charge in [0.15, 0.2) is 5.60 Å². The van der Waals surface area contributed by atoms with Gasteiger partial charge >= 0.3 is 12.1 Å². The number of alkyl halides is 3. The molecule has 2 unspecified atom stereocenters. The predicted molar refractivity (Wildman–Crippen MR) is 126 cm³/mol. The van der Waals surface area contributed by atoms with Gasteiger partial charge in [0.25, 0.3) is 0 Å². The molecule has 32 heavy (non-hydrogen) atoms. The van der Waals surface area contributed by atoms with E-state index in [0.29, 0.717) is 34.6 Å². The number of carbonyl (C=O) groups is 1. The number of aliphatic hydroxyl groups is 1. The van der Waals surface area contributed by atoms with E-state index in [2.05, 4.69) is 0 Å². The molecule has 1 saturated heterocycles. The lowest BCUT2D eigenvalue weighted by atomic mass is 9.78. The zero-order chi connectivity index (χ0) is 24.5. The van der Waals surface area contributed by atoms with Crippen molar-refractivity contribution in [3.8, 4) is 0 Å². The highest BCUT2D eigenvalue weighted by molar-refractivity contribution is 7.99. The summed E-state index contributed by atoms with van der Waals surface area (Å²) < 4.78 is 41.3. The zero-order valence-electron chi connectivity index (χ0n) is 18.2. The topological polar surface area (TPSA) is 86.8 Å². The number of halogens is 5. The lowest BCUT2D eigenvalue weighted by Crippen LogP contribution is -2.55. The van der Waals surface area contributed by atoms with E-state index < -0.39 is 36.1 Å². The first kappa shape index (κ1) is 29.2. The van der Waals surface area contributed by atoms with E-state index in [1.54, 1.807) is 18.2 Å². The molecule has 1 heterocycles. The molecule has 2 rings (SSSR count). The number of carboxylic acids is 1. The van der Waals surface area contributed by atoms with Gasteiger partial charge in [-0.05, 0) is 61.3 Å². The molecule has 0 aromatic heterocycles. The minimum absolute atomic E-state index is 0.0611. The fourth-order valence-electron chi connectivity index (χ4n) is 3.58. The van der Waals surface area contributed by atoms with Gasteiger partial charge in [0, 0.05) is 18.1 Å². The maximum atomic E-state index is 13.8. The number of thioether (sulfide) groups is 1. The van der Waals surface area contributed by atoms with Gasteiger partial charge in [-0.1, -0.05) is 37.0 Å². The van der Waals surface area contributed by atoms with Gasteiger partial charge in [0.2, 0.25) is 0 Å². The highest BCUT2D eigenvalue weighted by Crippen LogP contribution is 2.44. The first-order chi connectivity index (χ1) is 15.0. The van der Waals surface area contributed by atoms with Crippen molar-refractivity contribution in [1.29, 1.82) is 0 Å². The summed E-state index contributed by atoms with van der Waals surface area (Å²) in [6.45, 7) is 4.68. The van der Waals surface area contributed by atoms with Gasteiger partial charge in [-0.3, -0.25) is 4.79 Å². The Hall–Kier alpha value is -0.870. The third-order valence-electron chi connectivity index (χ3n) is 5.43. The highest BCUT2D eigenvalue weighted by atomic mass is 35.5. The Balaban J connectivity index is 0.00000249. The third-order valence-corrected chi connectivity index (χ3v) is 6.98. The van der Waals surface area contributed by atoms with Crippen LogP contribution < -0.4 is 10.6 Å². The number of benzene rings is 1. The summed E-state index contributed by atoms with van der Waals surface area (Å²) in [7, 11) is 0. The Bertz CT molecular complexity index is 735. The highest BCUT2D eigenvalue weighted by Gasteiger charge is 2.57. The summed E-state index contributed by atoms with van der Waals surface area (Å²) in [4.78, 5) is 12.6. The van der Waals surface area contributed by atoms with Crippen LogP contribution in [0.2, 0.25) is 10.0 Å². The van der Waals surface area contributed by atoms with Gasteiger partial charge in [0.1, 0.15) is 6.04 Å². The average Bonchev–Trinajstić information content (AvgIpc) is 2.74. The number of aliphatic carboxylic acids is 1. The summed E-state index contributed by atoms with van der Waals surface area (Å²) in [6.07, 6.45) is -4.71. The quantitative estimate of drug-likeness (QED) is 0.376. The molecule has 2 atom stereocenters. The molecule has 0 spiro atoms. The number of hydrogen-bond acceptors (Lipinski definition) is 5. The van der Waals surface area contributed by atoms with Gasteiger partial charge < -0.3 is 20.8 Å². The van der Waals surface area contributed by atoms with Crippen LogP contribution in [0.3, 0.4) is 0 Å². The van der Waals surface area contributed by atoms with E-state index >= 15 is 0 Å². The molecular formula is C21H31Cl2F3N2O3S. The molecule has 1 aliphatic rings. The van der Waals surface area contributed by atoms with Crippen LogP contribution in [0.1, 0.15) is 39.5 Å². The molecule has 0 saturated carbocycles. The number of nitrogens with zero attached hydrogens (tertiary/aromatic N) is 1. The van der Waals surface area contributed by atoms with Crippen LogP contribution in [0.25, 0.3) is 0 Å². The summed E-state index contributed by atoms with van der Waals surface area (Å²) >= 11 is 13.3. The SMILES string of the molecule is CC.NC(CCSCCC(O)(C1CCN(c2ccc(Cl)cc2Cl)CC1)C(F)(F)F)C(=O)O. The molecule has 0 bridgehead atoms. The molecular weight excluding hydrogens is 488 g/mol. The van der Waals surface area contributed by atoms with Crippen LogP contribution in [0.15, 0.2) is 18.2 Å². The molecule has 1 fully saturated rings. The van der Waals surface area contributed by atoms with Crippen LogP contribution in [-0.2, 0) is 4.79 Å². The molecule has 11 heteroatoms. The van der Waals surface area contributed by atoms with Crippen LogP contribution >= 0.6 is 35.0 Å². The standard InChI is InChI=1S/C19H25Cl2F3N2O3S.C2H6/c20-13-1-2-16(14(21)11-13)26-7-3-12(4-8-26)18(29,19(22,23)24)6-10-30-9-5-15(25)17(27)28;1-2/h1-2,11-12,15,29H,3-10,25H2,(H,27,28);1-2H3. The number of anilines is 1. The molecule has 0 aliphatic carbocycles. The van der Waals surface area contributed by atoms with Gasteiger partial charge in [-0.15, -0.1) is 0 Å². The molecule has 4 N–H and O–H groups in total. The van der Waals surface area contributed by atoms with Gasteiger partial charge in [-0.25, -0.2) is 0 Å². The summed E-state index contributed by atoms with van der Waals surface area (Å²) in [6, 6.07) is 3.96. The molecule has 1 aliphatic heterocycles. The van der Waals surface area contributed by atoms with Crippen molar-refractivity contribution in [2.45, 2.75) is 57.3 Å². The largest absolute Gasteiger partial charge is 0.480 e. The van der Waals surface area contributed by atoms with Crippen molar-refractivity contribution in [2.75, 3.05) is 29.5 Å². The van der Waals surface area contributed by atoms with Crippen molar-refractivity contribution in [3.05, 3.63) is 28.2 Å². The second kappa shape index (κ2) is 13.1. The van der Waals surface area contributed by atoms with Crippen LogP contribution in [0.4, 0.5) is 18.9 Å². The Morgan fingerprint density at radius 1 is 1.25 bits per heavy atom. The Labute approximate surface area is 201 Å². The Kier molecular flexibility index (Phi) is 12.0. The maximum Gasteiger partial charge on any atom is 0.417 e. The smallest absolute Gasteiger partial charge is 0.417 e. The van der Waals surface area contributed by atoms with Crippen molar-refractivity contribution < 1.29 is 28.2 Å². The van der Waals surface area contributed by atoms with Crippen molar-refractivity contribution in [3.63, 3.8) is 0 Å². The lowest BCUT2D eigenvalue weighted by molar-refractivity contribution is -0.282. The van der Waals surface area contributed by atoms with Crippen molar-refractivity contribution in [1.82, 2.24) is 0 Å². The molecule has 0 amide bonds. The second-order valence-electron chi connectivity index (χ2n) is 7.37. The van der Waals surface area contributed by atoms with E-state index in [9.17, 15) is 23.1 Å². The van der Waals surface area contributed by atoms with E-state index in [-0.39, 0.29) is 25.0 Å². The minimum atomic E-state index is -4.75. The summed E-state index contributed by atoms with van der Waals surface area (Å²) in [5, 5.41) is 20.2. The van der Waals surface area contributed by atoms with Crippen LogP contribution in [0, 0.1) is 5.92 Å². The van der Waals surface area contributed by atoms with Gasteiger partial charge in [-0.2, -0.15) is 24.9 Å². The van der Waals surface area contributed by atoms with E-state index in [0.717, 1.165) is 11.8 Å². The zero-order valence-corrected chi connectivity index (χ0v) is 20.5. The van der Waals surface area contributed by atoms with Crippen molar-refractivity contribution in [2.24, 2.45) is 11.7 Å². The summed E-state index contributed by atoms with van der Waals surface area (Å²) in [5.41, 5.74) is 3.31. The number of carboxylic acid groups (broad SMARTS) is 1. The normalized spacial score (nSPS) is 17.8. The lowest BCUT2D eigenvalue weighted by Gasteiger charge is -2.43. The molecule has 0 radical (unpaired) electrons. The van der Waals surface area contributed by atoms with E-state index in [1.165, 1.54) is 0 Å². The predicted octanol–water partition coefficient (Wildman–Crippen LogP) is 5.45. The Morgan fingerprint density at radius 2 is 1.84 bits per heavy atom.